The molecule has 3 saturated carbocycles. The van der Waals surface area contributed by atoms with E-state index in [9.17, 15) is 5.11 Å². The van der Waals surface area contributed by atoms with E-state index < -0.39 is 5.60 Å². The number of fused-ring (bicyclic) bond motifs is 5. The summed E-state index contributed by atoms with van der Waals surface area (Å²) in [5.74, 6) is 5.41. The minimum atomic E-state index is -0.467. The van der Waals surface area contributed by atoms with Gasteiger partial charge in [0.2, 0.25) is 0 Å². The topological polar surface area (TPSA) is 20.2 Å². The molecule has 0 aromatic carbocycles. The van der Waals surface area contributed by atoms with E-state index in [4.69, 9.17) is 0 Å². The van der Waals surface area contributed by atoms with Gasteiger partial charge in [-0.25, -0.2) is 0 Å². The second kappa shape index (κ2) is 7.68. The molecule has 4 aliphatic carbocycles. The first-order chi connectivity index (χ1) is 13.6. The Kier molecular flexibility index (Phi) is 5.81. The maximum atomic E-state index is 10.7. The van der Waals surface area contributed by atoms with Crippen LogP contribution in [0, 0.1) is 46.3 Å². The molecule has 1 nitrogen and oxygen atoms in total. The Labute approximate surface area is 181 Å². The Morgan fingerprint density at radius 2 is 1.72 bits per heavy atom. The number of aliphatic hydroxyl groups is 1. The average molecular weight is 401 g/mol. The molecule has 0 unspecified atom stereocenters. The molecule has 0 saturated heterocycles. The van der Waals surface area contributed by atoms with Gasteiger partial charge in [-0.15, -0.1) is 0 Å². The van der Waals surface area contributed by atoms with Gasteiger partial charge in [-0.1, -0.05) is 65.5 Å². The molecule has 0 aromatic rings. The number of rotatable bonds is 5. The third-order valence-electron chi connectivity index (χ3n) is 10.6. The maximum Gasteiger partial charge on any atom is 0.0657 e. The van der Waals surface area contributed by atoms with Crippen LogP contribution < -0.4 is 0 Å². The molecular weight excluding hydrogens is 352 g/mol. The Bertz CT molecular complexity index is 630. The van der Waals surface area contributed by atoms with E-state index in [-0.39, 0.29) is 0 Å². The summed E-state index contributed by atoms with van der Waals surface area (Å²) in [7, 11) is 0. The van der Waals surface area contributed by atoms with Gasteiger partial charge in [0.15, 0.2) is 0 Å². The van der Waals surface area contributed by atoms with E-state index in [1.54, 1.807) is 5.57 Å². The van der Waals surface area contributed by atoms with Crippen LogP contribution in [0.3, 0.4) is 0 Å². The van der Waals surface area contributed by atoms with Crippen molar-refractivity contribution in [2.24, 2.45) is 46.3 Å². The molecule has 0 radical (unpaired) electrons. The molecule has 0 amide bonds. The lowest BCUT2D eigenvalue weighted by Gasteiger charge is -2.59. The minimum Gasteiger partial charge on any atom is -0.390 e. The zero-order valence-corrected chi connectivity index (χ0v) is 20.3. The second-order valence-corrected chi connectivity index (χ2v) is 13.0. The number of allylic oxidation sites excluding steroid dienone is 1. The van der Waals surface area contributed by atoms with Gasteiger partial charge in [0.1, 0.15) is 0 Å². The van der Waals surface area contributed by atoms with Crippen LogP contribution in [0.15, 0.2) is 11.6 Å². The largest absolute Gasteiger partial charge is 0.390 e. The highest BCUT2D eigenvalue weighted by atomic mass is 16.3. The van der Waals surface area contributed by atoms with Gasteiger partial charge in [0, 0.05) is 0 Å². The fraction of sp³-hybridized carbons (Fsp3) is 0.929. The van der Waals surface area contributed by atoms with Crippen LogP contribution in [-0.4, -0.2) is 10.7 Å². The SMILES string of the molecule is CC(C)CCC[C@@H](C)[C@@H]1CC[C@@H]2[C@@H]3CC=C4C[C@@](C)(O)CC[C@]4(C)[C@H]3CC[C@@]21C. The molecule has 4 rings (SSSR count). The summed E-state index contributed by atoms with van der Waals surface area (Å²) in [6.45, 7) is 14.6. The van der Waals surface area contributed by atoms with Crippen LogP contribution in [0.2, 0.25) is 0 Å². The van der Waals surface area contributed by atoms with Gasteiger partial charge < -0.3 is 5.11 Å². The molecule has 0 bridgehead atoms. The lowest BCUT2D eigenvalue weighted by atomic mass is 9.46. The van der Waals surface area contributed by atoms with Crippen LogP contribution in [0.4, 0.5) is 0 Å². The highest BCUT2D eigenvalue weighted by molar-refractivity contribution is 5.26. The first kappa shape index (κ1) is 21.9. The lowest BCUT2D eigenvalue weighted by Crippen LogP contribution is -2.52. The van der Waals surface area contributed by atoms with Crippen LogP contribution in [-0.2, 0) is 0 Å². The molecule has 1 heteroatoms. The molecule has 29 heavy (non-hydrogen) atoms. The van der Waals surface area contributed by atoms with E-state index >= 15 is 0 Å². The Morgan fingerprint density at radius 1 is 0.966 bits per heavy atom. The zero-order valence-electron chi connectivity index (χ0n) is 20.3. The van der Waals surface area contributed by atoms with Gasteiger partial charge in [-0.05, 0) is 105 Å². The van der Waals surface area contributed by atoms with Gasteiger partial charge in [-0.3, -0.25) is 0 Å². The molecule has 0 spiro atoms. The fourth-order valence-electron chi connectivity index (χ4n) is 8.83. The van der Waals surface area contributed by atoms with E-state index in [0.717, 1.165) is 48.3 Å². The van der Waals surface area contributed by atoms with Crippen molar-refractivity contribution in [3.8, 4) is 0 Å². The van der Waals surface area contributed by atoms with E-state index in [0.29, 0.717) is 10.8 Å². The quantitative estimate of drug-likeness (QED) is 0.467. The van der Waals surface area contributed by atoms with Crippen molar-refractivity contribution < 1.29 is 5.11 Å². The smallest absolute Gasteiger partial charge is 0.0657 e. The van der Waals surface area contributed by atoms with Gasteiger partial charge >= 0.3 is 0 Å². The molecule has 3 fully saturated rings. The molecule has 8 atom stereocenters. The number of hydrogen-bond acceptors (Lipinski definition) is 1. The van der Waals surface area contributed by atoms with Crippen molar-refractivity contribution in [2.75, 3.05) is 0 Å². The van der Waals surface area contributed by atoms with Crippen molar-refractivity contribution >= 4 is 0 Å². The highest BCUT2D eigenvalue weighted by Crippen LogP contribution is 2.67. The van der Waals surface area contributed by atoms with Crippen LogP contribution in [0.1, 0.15) is 112 Å². The van der Waals surface area contributed by atoms with E-state index in [2.05, 4.69) is 47.6 Å². The maximum absolute atomic E-state index is 10.7. The minimum absolute atomic E-state index is 0.369. The summed E-state index contributed by atoms with van der Waals surface area (Å²) in [5, 5.41) is 10.7. The number of hydrogen-bond donors (Lipinski definition) is 1. The predicted octanol–water partition coefficient (Wildman–Crippen LogP) is 7.78. The molecule has 0 aliphatic heterocycles. The van der Waals surface area contributed by atoms with Crippen LogP contribution >= 0.6 is 0 Å². The van der Waals surface area contributed by atoms with Crippen molar-refractivity contribution in [1.29, 1.82) is 0 Å². The summed E-state index contributed by atoms with van der Waals surface area (Å²) >= 11 is 0. The summed E-state index contributed by atoms with van der Waals surface area (Å²) < 4.78 is 0. The summed E-state index contributed by atoms with van der Waals surface area (Å²) in [4.78, 5) is 0. The Hall–Kier alpha value is -0.300. The van der Waals surface area contributed by atoms with Gasteiger partial charge in [-0.2, -0.15) is 0 Å². The van der Waals surface area contributed by atoms with Crippen LogP contribution in [0.25, 0.3) is 0 Å². The van der Waals surface area contributed by atoms with E-state index in [1.165, 1.54) is 57.8 Å². The van der Waals surface area contributed by atoms with Crippen LogP contribution in [0.5, 0.6) is 0 Å². The highest BCUT2D eigenvalue weighted by Gasteiger charge is 2.59. The molecule has 0 aromatic heterocycles. The first-order valence-corrected chi connectivity index (χ1v) is 13.0. The third-order valence-corrected chi connectivity index (χ3v) is 10.6. The standard InChI is InChI=1S/C28H48O/c1-19(2)8-7-9-20(3)23-12-13-24-22-11-10-21-18-26(4,29)16-17-27(21,5)25(22)14-15-28(23,24)6/h10,19-20,22-25,29H,7-9,11-18H2,1-6H3/t20-,22+,23+,24-,25+,26+,27+,28-/m1/s1. The summed E-state index contributed by atoms with van der Waals surface area (Å²) in [6, 6.07) is 0. The van der Waals surface area contributed by atoms with Crippen molar-refractivity contribution in [1.82, 2.24) is 0 Å². The monoisotopic (exact) mass is 400 g/mol. The van der Waals surface area contributed by atoms with Crippen molar-refractivity contribution in [3.63, 3.8) is 0 Å². The molecule has 166 valence electrons. The average Bonchev–Trinajstić information content (AvgIpc) is 2.99. The fourth-order valence-corrected chi connectivity index (χ4v) is 8.83. The lowest BCUT2D eigenvalue weighted by molar-refractivity contribution is -0.0705. The Morgan fingerprint density at radius 3 is 2.45 bits per heavy atom. The predicted molar refractivity (Wildman–Crippen MR) is 124 cm³/mol. The molecule has 1 N–H and O–H groups in total. The molecule has 0 heterocycles. The molecular formula is C28H48O. The summed E-state index contributed by atoms with van der Waals surface area (Å²) in [5.41, 5.74) is 2.09. The van der Waals surface area contributed by atoms with E-state index in [1.807, 2.05) is 0 Å². The van der Waals surface area contributed by atoms with Crippen molar-refractivity contribution in [3.05, 3.63) is 11.6 Å². The van der Waals surface area contributed by atoms with Gasteiger partial charge in [0.05, 0.1) is 5.60 Å². The molecule has 4 aliphatic rings. The van der Waals surface area contributed by atoms with Gasteiger partial charge in [0.25, 0.3) is 0 Å². The first-order valence-electron chi connectivity index (χ1n) is 13.0. The van der Waals surface area contributed by atoms with Crippen molar-refractivity contribution in [2.45, 2.75) is 118 Å². The second-order valence-electron chi connectivity index (χ2n) is 13.0. The zero-order chi connectivity index (χ0) is 21.0. The third kappa shape index (κ3) is 3.77. The normalized spacial score (nSPS) is 47.9. The Balaban J connectivity index is 1.50. The summed E-state index contributed by atoms with van der Waals surface area (Å²) in [6.07, 6.45) is 17.1.